The highest BCUT2D eigenvalue weighted by Gasteiger charge is 2.34. The summed E-state index contributed by atoms with van der Waals surface area (Å²) in [5.74, 6) is -0.0486. The molecular weight excluding hydrogens is 232 g/mol. The highest BCUT2D eigenvalue weighted by atomic mass is 16.2. The van der Waals surface area contributed by atoms with Crippen molar-refractivity contribution in [3.8, 4) is 0 Å². The van der Waals surface area contributed by atoms with E-state index in [1.54, 1.807) is 9.58 Å². The third kappa shape index (κ3) is 2.52. The number of hydrogen-bond donors (Lipinski definition) is 1. The van der Waals surface area contributed by atoms with Gasteiger partial charge in [-0.15, -0.1) is 0 Å². The molecule has 1 saturated heterocycles. The van der Waals surface area contributed by atoms with E-state index >= 15 is 0 Å². The number of carbonyl (C=O) groups is 2. The van der Waals surface area contributed by atoms with Crippen molar-refractivity contribution in [2.24, 2.45) is 13.0 Å². The molecule has 0 saturated carbocycles. The zero-order chi connectivity index (χ0) is 13.3. The first-order valence-electron chi connectivity index (χ1n) is 6.04. The topological polar surface area (TPSA) is 67.2 Å². The van der Waals surface area contributed by atoms with Gasteiger partial charge >= 0.3 is 0 Å². The smallest absolute Gasteiger partial charge is 0.246 e. The van der Waals surface area contributed by atoms with Crippen LogP contribution in [0, 0.1) is 5.92 Å². The molecule has 2 heterocycles. The van der Waals surface area contributed by atoms with Crippen molar-refractivity contribution >= 4 is 11.8 Å². The molecule has 1 fully saturated rings. The second kappa shape index (κ2) is 4.80. The molecule has 0 radical (unpaired) electrons. The van der Waals surface area contributed by atoms with Crippen LogP contribution in [0.4, 0.5) is 0 Å². The second-order valence-corrected chi connectivity index (χ2v) is 4.96. The van der Waals surface area contributed by atoms with Gasteiger partial charge in [0.2, 0.25) is 11.8 Å². The lowest BCUT2D eigenvalue weighted by Crippen LogP contribution is -2.59. The fourth-order valence-electron chi connectivity index (χ4n) is 2.06. The number of amides is 2. The van der Waals surface area contributed by atoms with Crippen LogP contribution in [0.5, 0.6) is 0 Å². The summed E-state index contributed by atoms with van der Waals surface area (Å²) >= 11 is 0. The predicted octanol–water partition coefficient (Wildman–Crippen LogP) is -0.0969. The van der Waals surface area contributed by atoms with E-state index in [1.807, 2.05) is 33.2 Å². The van der Waals surface area contributed by atoms with E-state index in [0.717, 1.165) is 5.69 Å². The summed E-state index contributed by atoms with van der Waals surface area (Å²) in [7, 11) is 1.82. The fourth-order valence-corrected chi connectivity index (χ4v) is 2.06. The molecular formula is C12H18N4O2. The minimum Gasteiger partial charge on any atom is -0.343 e. The molecule has 18 heavy (non-hydrogen) atoms. The van der Waals surface area contributed by atoms with Crippen LogP contribution in [0.2, 0.25) is 0 Å². The maximum atomic E-state index is 12.2. The van der Waals surface area contributed by atoms with E-state index in [2.05, 4.69) is 10.4 Å². The molecule has 1 aromatic heterocycles. The van der Waals surface area contributed by atoms with Crippen molar-refractivity contribution in [1.82, 2.24) is 20.0 Å². The molecule has 1 atom stereocenters. The Morgan fingerprint density at radius 3 is 2.78 bits per heavy atom. The summed E-state index contributed by atoms with van der Waals surface area (Å²) in [5.41, 5.74) is 0.794. The number of aromatic nitrogens is 2. The van der Waals surface area contributed by atoms with Gasteiger partial charge in [-0.3, -0.25) is 14.3 Å². The Morgan fingerprint density at radius 1 is 1.50 bits per heavy atom. The first-order chi connectivity index (χ1) is 8.47. The number of rotatable bonds is 3. The highest BCUT2D eigenvalue weighted by Crippen LogP contribution is 2.13. The Bertz CT molecular complexity index is 466. The van der Waals surface area contributed by atoms with Crippen LogP contribution >= 0.6 is 0 Å². The minimum absolute atomic E-state index is 0.0322. The molecule has 2 amide bonds. The summed E-state index contributed by atoms with van der Waals surface area (Å²) in [5, 5.41) is 6.96. The number of carbonyl (C=O) groups excluding carboxylic acids is 2. The molecule has 0 aromatic carbocycles. The minimum atomic E-state index is -0.421. The van der Waals surface area contributed by atoms with Crippen molar-refractivity contribution in [3.05, 3.63) is 18.0 Å². The zero-order valence-electron chi connectivity index (χ0n) is 10.9. The molecule has 0 bridgehead atoms. The van der Waals surface area contributed by atoms with E-state index in [0.29, 0.717) is 6.54 Å². The maximum Gasteiger partial charge on any atom is 0.246 e. The average molecular weight is 250 g/mol. The van der Waals surface area contributed by atoms with Gasteiger partial charge in [0, 0.05) is 13.2 Å². The van der Waals surface area contributed by atoms with E-state index in [4.69, 9.17) is 0 Å². The van der Waals surface area contributed by atoms with Crippen LogP contribution in [0.25, 0.3) is 0 Å². The van der Waals surface area contributed by atoms with Crippen LogP contribution in [0.1, 0.15) is 19.5 Å². The summed E-state index contributed by atoms with van der Waals surface area (Å²) in [6, 6.07) is 1.43. The van der Waals surface area contributed by atoms with Gasteiger partial charge in [0.1, 0.15) is 12.6 Å². The lowest BCUT2D eigenvalue weighted by molar-refractivity contribution is -0.146. The highest BCUT2D eigenvalue weighted by molar-refractivity contribution is 5.94. The standard InChI is InChI=1S/C12H18N4O2/c1-8(2)11-12(18)16(7-10(17)13-11)6-9-4-5-15(3)14-9/h4-5,8,11H,6-7H2,1-3H3,(H,13,17). The lowest BCUT2D eigenvalue weighted by atomic mass is 10.0. The van der Waals surface area contributed by atoms with Crippen LogP contribution in [-0.2, 0) is 23.2 Å². The van der Waals surface area contributed by atoms with Gasteiger partial charge in [0.25, 0.3) is 0 Å². The summed E-state index contributed by atoms with van der Waals surface area (Å²) in [6.07, 6.45) is 1.82. The SMILES string of the molecule is CC(C)C1NC(=O)CN(Cc2ccn(C)n2)C1=O. The van der Waals surface area contributed by atoms with Crippen LogP contribution in [-0.4, -0.2) is 39.1 Å². The lowest BCUT2D eigenvalue weighted by Gasteiger charge is -2.33. The van der Waals surface area contributed by atoms with Crippen molar-refractivity contribution in [2.75, 3.05) is 6.54 Å². The van der Waals surface area contributed by atoms with E-state index in [-0.39, 0.29) is 24.3 Å². The number of aryl methyl sites for hydroxylation is 1. The number of nitrogens with zero attached hydrogens (tertiary/aromatic N) is 3. The van der Waals surface area contributed by atoms with Crippen LogP contribution in [0.15, 0.2) is 12.3 Å². The van der Waals surface area contributed by atoms with Gasteiger partial charge in [-0.25, -0.2) is 0 Å². The Balaban J connectivity index is 2.11. The van der Waals surface area contributed by atoms with E-state index < -0.39 is 6.04 Å². The fraction of sp³-hybridized carbons (Fsp3) is 0.583. The Kier molecular flexibility index (Phi) is 3.36. The predicted molar refractivity (Wildman–Crippen MR) is 65.4 cm³/mol. The monoisotopic (exact) mass is 250 g/mol. The molecule has 6 nitrogen and oxygen atoms in total. The van der Waals surface area contributed by atoms with Gasteiger partial charge < -0.3 is 10.2 Å². The van der Waals surface area contributed by atoms with Crippen LogP contribution in [0.3, 0.4) is 0 Å². The van der Waals surface area contributed by atoms with Crippen LogP contribution < -0.4 is 5.32 Å². The van der Waals surface area contributed by atoms with Crippen molar-refractivity contribution in [1.29, 1.82) is 0 Å². The summed E-state index contributed by atoms with van der Waals surface area (Å²) in [6.45, 7) is 4.34. The van der Waals surface area contributed by atoms with Gasteiger partial charge in [0.15, 0.2) is 0 Å². The molecule has 1 N–H and O–H groups in total. The Morgan fingerprint density at radius 2 is 2.22 bits per heavy atom. The van der Waals surface area contributed by atoms with Gasteiger partial charge in [-0.2, -0.15) is 5.10 Å². The maximum absolute atomic E-state index is 12.2. The van der Waals surface area contributed by atoms with Gasteiger partial charge in [-0.1, -0.05) is 13.8 Å². The molecule has 1 aliphatic heterocycles. The molecule has 1 aromatic rings. The largest absolute Gasteiger partial charge is 0.343 e. The number of piperazine rings is 1. The molecule has 98 valence electrons. The number of nitrogens with one attached hydrogen (secondary N) is 1. The first-order valence-corrected chi connectivity index (χ1v) is 6.04. The third-order valence-corrected chi connectivity index (χ3v) is 3.02. The second-order valence-electron chi connectivity index (χ2n) is 4.96. The summed E-state index contributed by atoms with van der Waals surface area (Å²) in [4.78, 5) is 25.4. The molecule has 2 rings (SSSR count). The van der Waals surface area contributed by atoms with Crippen molar-refractivity contribution in [3.63, 3.8) is 0 Å². The number of hydrogen-bond acceptors (Lipinski definition) is 3. The first kappa shape index (κ1) is 12.6. The normalized spacial score (nSPS) is 20.4. The third-order valence-electron chi connectivity index (χ3n) is 3.02. The van der Waals surface area contributed by atoms with Gasteiger partial charge in [0.05, 0.1) is 12.2 Å². The molecule has 1 aliphatic rings. The van der Waals surface area contributed by atoms with E-state index in [1.165, 1.54) is 0 Å². The quantitative estimate of drug-likeness (QED) is 0.815. The zero-order valence-corrected chi connectivity index (χ0v) is 10.9. The van der Waals surface area contributed by atoms with E-state index in [9.17, 15) is 9.59 Å². The van der Waals surface area contributed by atoms with Crippen molar-refractivity contribution in [2.45, 2.75) is 26.4 Å². The van der Waals surface area contributed by atoms with Gasteiger partial charge in [-0.05, 0) is 12.0 Å². The van der Waals surface area contributed by atoms with Crippen molar-refractivity contribution < 1.29 is 9.59 Å². The molecule has 6 heteroatoms. The molecule has 0 aliphatic carbocycles. The molecule has 0 spiro atoms. The average Bonchev–Trinajstić information content (AvgIpc) is 2.68. The Labute approximate surface area is 106 Å². The summed E-state index contributed by atoms with van der Waals surface area (Å²) < 4.78 is 1.68. The molecule has 1 unspecified atom stereocenters. The Hall–Kier alpha value is -1.85.